The van der Waals surface area contributed by atoms with Gasteiger partial charge in [0.15, 0.2) is 11.0 Å². The van der Waals surface area contributed by atoms with Crippen LogP contribution < -0.4 is 10.7 Å². The number of benzene rings is 2. The predicted molar refractivity (Wildman–Crippen MR) is 126 cm³/mol. The number of carbonyl (C=O) groups is 1. The number of hydrogen-bond donors (Lipinski definition) is 3. The van der Waals surface area contributed by atoms with Crippen LogP contribution >= 0.6 is 27.7 Å². The molecular formula is C21H21BrN6O2S. The van der Waals surface area contributed by atoms with E-state index in [0.717, 1.165) is 16.0 Å². The van der Waals surface area contributed by atoms with Crippen molar-refractivity contribution >= 4 is 45.5 Å². The third-order valence-corrected chi connectivity index (χ3v) is 5.50. The number of aromatic nitrogens is 3. The lowest BCUT2D eigenvalue weighted by Gasteiger charge is -2.09. The minimum absolute atomic E-state index is 0.0738. The van der Waals surface area contributed by atoms with Gasteiger partial charge in [-0.2, -0.15) is 5.10 Å². The number of hydrogen-bond acceptors (Lipinski definition) is 7. The van der Waals surface area contributed by atoms with Gasteiger partial charge in [-0.1, -0.05) is 52.0 Å². The van der Waals surface area contributed by atoms with Crippen molar-refractivity contribution in [3.63, 3.8) is 0 Å². The summed E-state index contributed by atoms with van der Waals surface area (Å²) in [5.74, 6) is 0.635. The molecule has 0 spiro atoms. The third kappa shape index (κ3) is 6.69. The number of hydrazone groups is 1. The van der Waals surface area contributed by atoms with Crippen LogP contribution in [-0.2, 0) is 17.9 Å². The molecule has 3 aromatic rings. The molecule has 1 heterocycles. The summed E-state index contributed by atoms with van der Waals surface area (Å²) in [5, 5.41) is 26.0. The molecule has 10 heteroatoms. The van der Waals surface area contributed by atoms with Crippen LogP contribution in [0.1, 0.15) is 11.4 Å². The quantitative estimate of drug-likeness (QED) is 0.169. The molecular weight excluding hydrogens is 480 g/mol. The Bertz CT molecular complexity index is 1070. The highest BCUT2D eigenvalue weighted by Crippen LogP contribution is 2.20. The Morgan fingerprint density at radius 1 is 1.26 bits per heavy atom. The lowest BCUT2D eigenvalue weighted by atomic mass is 10.2. The van der Waals surface area contributed by atoms with Gasteiger partial charge in [0.2, 0.25) is 0 Å². The second-order valence-electron chi connectivity index (χ2n) is 6.30. The molecule has 0 aliphatic rings. The summed E-state index contributed by atoms with van der Waals surface area (Å²) in [6, 6.07) is 14.8. The van der Waals surface area contributed by atoms with Crippen LogP contribution in [0.2, 0.25) is 0 Å². The lowest BCUT2D eigenvalue weighted by molar-refractivity contribution is -0.118. The average molecular weight is 501 g/mol. The van der Waals surface area contributed by atoms with Crippen LogP contribution in [-0.4, -0.2) is 37.7 Å². The fraction of sp³-hybridized carbons (Fsp3) is 0.143. The van der Waals surface area contributed by atoms with E-state index in [2.05, 4.69) is 48.6 Å². The van der Waals surface area contributed by atoms with E-state index in [1.165, 1.54) is 18.0 Å². The number of halogens is 1. The first kappa shape index (κ1) is 22.6. The molecule has 3 N–H and O–H groups in total. The maximum absolute atomic E-state index is 12.1. The van der Waals surface area contributed by atoms with Crippen LogP contribution in [0, 0.1) is 0 Å². The Morgan fingerprint density at radius 2 is 2.06 bits per heavy atom. The van der Waals surface area contributed by atoms with E-state index in [1.807, 2.05) is 34.9 Å². The molecule has 0 fully saturated rings. The number of aromatic hydroxyl groups is 1. The SMILES string of the molecule is C=CCn1c(CNc2ccccc2)nnc1SCC(=O)N/N=C/c1cc(Br)ccc1O. The summed E-state index contributed by atoms with van der Waals surface area (Å²) < 4.78 is 2.71. The van der Waals surface area contributed by atoms with Crippen LogP contribution in [0.25, 0.3) is 0 Å². The Labute approximate surface area is 192 Å². The number of thioether (sulfide) groups is 1. The molecule has 31 heavy (non-hydrogen) atoms. The number of amides is 1. The molecule has 0 aliphatic heterocycles. The highest BCUT2D eigenvalue weighted by atomic mass is 79.9. The lowest BCUT2D eigenvalue weighted by Crippen LogP contribution is -2.20. The highest BCUT2D eigenvalue weighted by molar-refractivity contribution is 9.10. The van der Waals surface area contributed by atoms with E-state index in [9.17, 15) is 9.90 Å². The largest absolute Gasteiger partial charge is 0.507 e. The van der Waals surface area contributed by atoms with E-state index >= 15 is 0 Å². The van der Waals surface area contributed by atoms with Gasteiger partial charge in [0, 0.05) is 22.3 Å². The van der Waals surface area contributed by atoms with Gasteiger partial charge in [0.1, 0.15) is 5.75 Å². The number of nitrogens with zero attached hydrogens (tertiary/aromatic N) is 4. The summed E-state index contributed by atoms with van der Waals surface area (Å²) in [4.78, 5) is 12.1. The van der Waals surface area contributed by atoms with Crippen molar-refractivity contribution in [2.75, 3.05) is 11.1 Å². The number of para-hydroxylation sites is 1. The molecule has 0 bridgehead atoms. The first-order valence-electron chi connectivity index (χ1n) is 9.32. The Kier molecular flexibility index (Phi) is 8.25. The molecule has 2 aromatic carbocycles. The molecule has 0 saturated carbocycles. The highest BCUT2D eigenvalue weighted by Gasteiger charge is 2.13. The number of nitrogens with one attached hydrogen (secondary N) is 2. The molecule has 0 radical (unpaired) electrons. The van der Waals surface area contributed by atoms with Crippen molar-refractivity contribution in [3.8, 4) is 5.75 Å². The van der Waals surface area contributed by atoms with Crippen LogP contribution in [0.5, 0.6) is 5.75 Å². The zero-order chi connectivity index (χ0) is 22.1. The van der Waals surface area contributed by atoms with Gasteiger partial charge in [-0.05, 0) is 30.3 Å². The second kappa shape index (κ2) is 11.3. The zero-order valence-electron chi connectivity index (χ0n) is 16.5. The number of phenolic OH excluding ortho intramolecular Hbond substituents is 1. The molecule has 0 atom stereocenters. The fourth-order valence-electron chi connectivity index (χ4n) is 2.57. The minimum Gasteiger partial charge on any atom is -0.507 e. The van der Waals surface area contributed by atoms with E-state index in [4.69, 9.17) is 0 Å². The number of carbonyl (C=O) groups excluding carboxylic acids is 1. The van der Waals surface area contributed by atoms with Crippen molar-refractivity contribution in [2.24, 2.45) is 5.10 Å². The van der Waals surface area contributed by atoms with Gasteiger partial charge in [-0.25, -0.2) is 5.43 Å². The Morgan fingerprint density at radius 3 is 2.84 bits per heavy atom. The summed E-state index contributed by atoms with van der Waals surface area (Å²) in [7, 11) is 0. The third-order valence-electron chi connectivity index (χ3n) is 4.04. The normalized spacial score (nSPS) is 10.9. The number of rotatable bonds is 10. The van der Waals surface area contributed by atoms with Crippen molar-refractivity contribution < 1.29 is 9.90 Å². The molecule has 0 aliphatic carbocycles. The maximum atomic E-state index is 12.1. The fourth-order valence-corrected chi connectivity index (χ4v) is 3.71. The topological polar surface area (TPSA) is 104 Å². The van der Waals surface area contributed by atoms with Crippen molar-refractivity contribution in [3.05, 3.63) is 77.0 Å². The molecule has 0 unspecified atom stereocenters. The summed E-state index contributed by atoms with van der Waals surface area (Å²) >= 11 is 4.58. The van der Waals surface area contributed by atoms with Crippen molar-refractivity contribution in [2.45, 2.75) is 18.2 Å². The molecule has 1 aromatic heterocycles. The summed E-state index contributed by atoms with van der Waals surface area (Å²) in [5.41, 5.74) is 3.92. The maximum Gasteiger partial charge on any atom is 0.250 e. The van der Waals surface area contributed by atoms with Gasteiger partial charge < -0.3 is 15.0 Å². The van der Waals surface area contributed by atoms with Gasteiger partial charge in [-0.15, -0.1) is 16.8 Å². The molecule has 3 rings (SSSR count). The summed E-state index contributed by atoms with van der Waals surface area (Å²) in [6.07, 6.45) is 3.14. The average Bonchev–Trinajstić information content (AvgIpc) is 3.16. The van der Waals surface area contributed by atoms with Gasteiger partial charge in [0.25, 0.3) is 5.91 Å². The first-order valence-corrected chi connectivity index (χ1v) is 11.1. The van der Waals surface area contributed by atoms with E-state index < -0.39 is 0 Å². The van der Waals surface area contributed by atoms with Crippen molar-refractivity contribution in [1.82, 2.24) is 20.2 Å². The number of phenols is 1. The molecule has 8 nitrogen and oxygen atoms in total. The monoisotopic (exact) mass is 500 g/mol. The van der Waals surface area contributed by atoms with Gasteiger partial charge in [-0.3, -0.25) is 4.79 Å². The van der Waals surface area contributed by atoms with Crippen LogP contribution in [0.15, 0.2) is 75.9 Å². The van der Waals surface area contributed by atoms with E-state index in [0.29, 0.717) is 23.8 Å². The summed E-state index contributed by atoms with van der Waals surface area (Å²) in [6.45, 7) is 4.81. The van der Waals surface area contributed by atoms with E-state index in [-0.39, 0.29) is 17.4 Å². The standard InChI is InChI=1S/C21H21BrN6O2S/c1-2-10-28-19(13-23-17-6-4-3-5-7-17)25-27-21(28)31-14-20(30)26-24-12-15-11-16(22)8-9-18(15)29/h2-9,11-12,23,29H,1,10,13-14H2,(H,26,30)/b24-12+. The van der Waals surface area contributed by atoms with Crippen LogP contribution in [0.4, 0.5) is 5.69 Å². The molecule has 160 valence electrons. The number of allylic oxidation sites excluding steroid dienone is 1. The minimum atomic E-state index is -0.298. The van der Waals surface area contributed by atoms with Gasteiger partial charge in [0.05, 0.1) is 18.5 Å². The predicted octanol–water partition coefficient (Wildman–Crippen LogP) is 3.79. The Balaban J connectivity index is 1.55. The zero-order valence-corrected chi connectivity index (χ0v) is 18.9. The van der Waals surface area contributed by atoms with Crippen molar-refractivity contribution in [1.29, 1.82) is 0 Å². The number of anilines is 1. The smallest absolute Gasteiger partial charge is 0.250 e. The Hall–Kier alpha value is -3.11. The molecule has 1 amide bonds. The van der Waals surface area contributed by atoms with Gasteiger partial charge >= 0.3 is 0 Å². The molecule has 0 saturated heterocycles. The second-order valence-corrected chi connectivity index (χ2v) is 8.16. The first-order chi connectivity index (χ1) is 15.1. The van der Waals surface area contributed by atoms with E-state index in [1.54, 1.807) is 24.3 Å². The van der Waals surface area contributed by atoms with Crippen LogP contribution in [0.3, 0.4) is 0 Å².